The summed E-state index contributed by atoms with van der Waals surface area (Å²) in [6.45, 7) is 8.73. The van der Waals surface area contributed by atoms with Gasteiger partial charge in [0.25, 0.3) is 0 Å². The Morgan fingerprint density at radius 2 is 1.79 bits per heavy atom. The highest BCUT2D eigenvalue weighted by Gasteiger charge is 2.33. The van der Waals surface area contributed by atoms with Gasteiger partial charge in [-0.3, -0.25) is 4.79 Å². The van der Waals surface area contributed by atoms with Crippen molar-refractivity contribution in [2.24, 2.45) is 29.4 Å². The van der Waals surface area contributed by atoms with Crippen LogP contribution in [0.1, 0.15) is 52.9 Å². The smallest absolute Gasteiger partial charge is 0.225 e. The number of carbonyl (C=O) groups is 1. The van der Waals surface area contributed by atoms with Crippen LogP contribution in [-0.4, -0.2) is 29.9 Å². The van der Waals surface area contributed by atoms with Crippen LogP contribution in [0.5, 0.6) is 0 Å². The lowest BCUT2D eigenvalue weighted by atomic mass is 9.78. The topological polar surface area (TPSA) is 46.3 Å². The summed E-state index contributed by atoms with van der Waals surface area (Å²) < 4.78 is 0. The fourth-order valence-corrected chi connectivity index (χ4v) is 3.69. The second-order valence-corrected chi connectivity index (χ2v) is 7.06. The summed E-state index contributed by atoms with van der Waals surface area (Å²) in [5.74, 6) is 2.70. The Morgan fingerprint density at radius 1 is 1.16 bits per heavy atom. The maximum Gasteiger partial charge on any atom is 0.225 e. The van der Waals surface area contributed by atoms with E-state index < -0.39 is 0 Å². The fourth-order valence-electron chi connectivity index (χ4n) is 3.69. The number of hydrogen-bond acceptors (Lipinski definition) is 2. The third-order valence-electron chi connectivity index (χ3n) is 5.38. The molecule has 0 aromatic heterocycles. The van der Waals surface area contributed by atoms with E-state index in [4.69, 9.17) is 5.73 Å². The molecule has 2 N–H and O–H groups in total. The van der Waals surface area contributed by atoms with Crippen molar-refractivity contribution >= 4 is 5.91 Å². The monoisotopic (exact) mass is 266 g/mol. The minimum absolute atomic E-state index is 0.241. The Labute approximate surface area is 117 Å². The summed E-state index contributed by atoms with van der Waals surface area (Å²) in [6, 6.07) is 0.302. The third kappa shape index (κ3) is 3.50. The first-order valence-corrected chi connectivity index (χ1v) is 8.03. The van der Waals surface area contributed by atoms with Crippen LogP contribution in [0.2, 0.25) is 0 Å². The van der Waals surface area contributed by atoms with E-state index in [2.05, 4.69) is 25.7 Å². The molecule has 2 aliphatic rings. The Bertz CT molecular complexity index is 308. The van der Waals surface area contributed by atoms with Gasteiger partial charge in [0.15, 0.2) is 0 Å². The summed E-state index contributed by atoms with van der Waals surface area (Å²) in [6.07, 6.45) is 5.37. The highest BCUT2D eigenvalue weighted by Crippen LogP contribution is 2.31. The molecule has 0 bridgehead atoms. The van der Waals surface area contributed by atoms with Crippen molar-refractivity contribution in [1.82, 2.24) is 4.90 Å². The summed E-state index contributed by atoms with van der Waals surface area (Å²) in [7, 11) is 0. The van der Waals surface area contributed by atoms with E-state index in [0.717, 1.165) is 44.2 Å². The number of likely N-dealkylation sites (tertiary alicyclic amines) is 1. The van der Waals surface area contributed by atoms with Crippen molar-refractivity contribution < 1.29 is 4.79 Å². The van der Waals surface area contributed by atoms with Crippen molar-refractivity contribution in [3.8, 4) is 0 Å². The molecule has 110 valence electrons. The van der Waals surface area contributed by atoms with Crippen molar-refractivity contribution in [3.63, 3.8) is 0 Å². The normalized spacial score (nSPS) is 33.7. The maximum atomic E-state index is 12.6. The molecule has 1 aliphatic carbocycles. The highest BCUT2D eigenvalue weighted by atomic mass is 16.2. The van der Waals surface area contributed by atoms with Gasteiger partial charge in [-0.05, 0) is 49.9 Å². The zero-order chi connectivity index (χ0) is 14.0. The molecule has 2 fully saturated rings. The molecule has 3 atom stereocenters. The van der Waals surface area contributed by atoms with Crippen LogP contribution in [0.25, 0.3) is 0 Å². The summed E-state index contributed by atoms with van der Waals surface area (Å²) in [5.41, 5.74) is 6.05. The Morgan fingerprint density at radius 3 is 2.32 bits per heavy atom. The molecule has 0 spiro atoms. The number of carbonyl (C=O) groups excluding carboxylic acids is 1. The van der Waals surface area contributed by atoms with Crippen LogP contribution < -0.4 is 5.73 Å². The molecule has 2 rings (SSSR count). The molecule has 0 aromatic rings. The van der Waals surface area contributed by atoms with Crippen molar-refractivity contribution in [3.05, 3.63) is 0 Å². The molecule has 1 amide bonds. The molecular formula is C16H30N2O. The standard InChI is InChI=1S/C16H30N2O/c1-11(2)13-6-8-18(9-7-13)16(19)14-4-5-15(17)12(3)10-14/h11-15H,4-10,17H2,1-3H3. The number of amides is 1. The molecule has 3 heteroatoms. The number of hydrogen-bond donors (Lipinski definition) is 1. The van der Waals surface area contributed by atoms with E-state index in [0.29, 0.717) is 17.9 Å². The lowest BCUT2D eigenvalue weighted by Crippen LogP contribution is -2.45. The third-order valence-corrected chi connectivity index (χ3v) is 5.38. The first-order chi connectivity index (χ1) is 8.99. The molecule has 3 nitrogen and oxygen atoms in total. The van der Waals surface area contributed by atoms with Gasteiger partial charge in [0.05, 0.1) is 0 Å². The van der Waals surface area contributed by atoms with Gasteiger partial charge in [-0.1, -0.05) is 20.8 Å². The Kier molecular flexibility index (Phi) is 4.88. The molecule has 0 aromatic carbocycles. The van der Waals surface area contributed by atoms with Crippen LogP contribution in [0.4, 0.5) is 0 Å². The van der Waals surface area contributed by atoms with Crippen molar-refractivity contribution in [2.75, 3.05) is 13.1 Å². The average molecular weight is 266 g/mol. The fraction of sp³-hybridized carbons (Fsp3) is 0.938. The van der Waals surface area contributed by atoms with Gasteiger partial charge in [-0.25, -0.2) is 0 Å². The van der Waals surface area contributed by atoms with Crippen LogP contribution in [0, 0.1) is 23.7 Å². The second-order valence-electron chi connectivity index (χ2n) is 7.06. The Hall–Kier alpha value is -0.570. The van der Waals surface area contributed by atoms with Gasteiger partial charge in [0.2, 0.25) is 5.91 Å². The van der Waals surface area contributed by atoms with E-state index in [9.17, 15) is 4.79 Å². The van der Waals surface area contributed by atoms with Gasteiger partial charge in [-0.15, -0.1) is 0 Å². The quantitative estimate of drug-likeness (QED) is 0.835. The van der Waals surface area contributed by atoms with Crippen LogP contribution in [0.3, 0.4) is 0 Å². The number of rotatable bonds is 2. The summed E-state index contributed by atoms with van der Waals surface area (Å²) in [5, 5.41) is 0. The zero-order valence-corrected chi connectivity index (χ0v) is 12.8. The van der Waals surface area contributed by atoms with Crippen LogP contribution >= 0.6 is 0 Å². The first kappa shape index (κ1) is 14.8. The average Bonchev–Trinajstić information content (AvgIpc) is 2.41. The minimum Gasteiger partial charge on any atom is -0.342 e. The summed E-state index contributed by atoms with van der Waals surface area (Å²) in [4.78, 5) is 14.7. The van der Waals surface area contributed by atoms with E-state index in [-0.39, 0.29) is 5.92 Å². The van der Waals surface area contributed by atoms with Gasteiger partial charge >= 0.3 is 0 Å². The lowest BCUT2D eigenvalue weighted by molar-refractivity contribution is -0.138. The maximum absolute atomic E-state index is 12.6. The van der Waals surface area contributed by atoms with Crippen molar-refractivity contribution in [2.45, 2.75) is 58.9 Å². The van der Waals surface area contributed by atoms with Gasteiger partial charge in [0.1, 0.15) is 0 Å². The van der Waals surface area contributed by atoms with Crippen LogP contribution in [0.15, 0.2) is 0 Å². The van der Waals surface area contributed by atoms with E-state index in [1.165, 1.54) is 12.8 Å². The number of piperidine rings is 1. The van der Waals surface area contributed by atoms with E-state index in [1.807, 2.05) is 0 Å². The molecule has 1 aliphatic heterocycles. The number of nitrogens with two attached hydrogens (primary N) is 1. The molecular weight excluding hydrogens is 236 g/mol. The predicted octanol–water partition coefficient (Wildman–Crippen LogP) is 2.64. The molecule has 1 saturated heterocycles. The van der Waals surface area contributed by atoms with Gasteiger partial charge in [-0.2, -0.15) is 0 Å². The highest BCUT2D eigenvalue weighted by molar-refractivity contribution is 5.79. The second kappa shape index (κ2) is 6.25. The number of nitrogens with zero attached hydrogens (tertiary/aromatic N) is 1. The van der Waals surface area contributed by atoms with E-state index >= 15 is 0 Å². The first-order valence-electron chi connectivity index (χ1n) is 8.03. The van der Waals surface area contributed by atoms with Gasteiger partial charge < -0.3 is 10.6 Å². The zero-order valence-electron chi connectivity index (χ0n) is 12.8. The van der Waals surface area contributed by atoms with Crippen LogP contribution in [-0.2, 0) is 4.79 Å². The minimum atomic E-state index is 0.241. The molecule has 1 saturated carbocycles. The molecule has 0 radical (unpaired) electrons. The van der Waals surface area contributed by atoms with E-state index in [1.54, 1.807) is 0 Å². The SMILES string of the molecule is CC(C)C1CCN(C(=O)C2CCC(N)C(C)C2)CC1. The lowest BCUT2D eigenvalue weighted by Gasteiger charge is -2.38. The predicted molar refractivity (Wildman–Crippen MR) is 78.6 cm³/mol. The molecule has 3 unspecified atom stereocenters. The molecule has 19 heavy (non-hydrogen) atoms. The van der Waals surface area contributed by atoms with Gasteiger partial charge in [0, 0.05) is 25.0 Å². The largest absolute Gasteiger partial charge is 0.342 e. The Balaban J connectivity index is 1.84. The van der Waals surface area contributed by atoms with Crippen molar-refractivity contribution in [1.29, 1.82) is 0 Å². The molecule has 1 heterocycles. The summed E-state index contributed by atoms with van der Waals surface area (Å²) >= 11 is 0.